The summed E-state index contributed by atoms with van der Waals surface area (Å²) >= 11 is 0. The molecule has 1 N–H and O–H groups in total. The van der Waals surface area contributed by atoms with Crippen molar-refractivity contribution in [1.29, 1.82) is 0 Å². The molecule has 1 fully saturated rings. The molecule has 0 radical (unpaired) electrons. The number of H-pyrrole nitrogens is 1. The normalized spacial score (nSPS) is 17.2. The van der Waals surface area contributed by atoms with Gasteiger partial charge in [0.15, 0.2) is 0 Å². The Morgan fingerprint density at radius 1 is 1.12 bits per heavy atom. The van der Waals surface area contributed by atoms with Crippen LogP contribution in [0.4, 0.5) is 0 Å². The van der Waals surface area contributed by atoms with Gasteiger partial charge in [-0.15, -0.1) is 13.1 Å². The number of nitrogens with one attached hydrogen (secondary N) is 1. The summed E-state index contributed by atoms with van der Waals surface area (Å²) in [6, 6.07) is 8.56. The van der Waals surface area contributed by atoms with Gasteiger partial charge in [-0.3, -0.25) is 0 Å². The van der Waals surface area contributed by atoms with E-state index in [0.717, 1.165) is 13.1 Å². The first-order chi connectivity index (χ1) is 7.45. The topological polar surface area (TPSA) is 29.9 Å². The molecule has 1 aliphatic heterocycles. The number of nitrogens with zero attached hydrogens (tertiary/aromatic N) is 1. The predicted molar refractivity (Wildman–Crippen MR) is 63.4 cm³/mol. The Bertz CT molecular complexity index is 458. The third kappa shape index (κ3) is 2.18. The third-order valence-electron chi connectivity index (χ3n) is 3.33. The smallest absolute Gasteiger partial charge is 0.0456 e. The van der Waals surface area contributed by atoms with E-state index in [1.165, 1.54) is 29.3 Å². The molecule has 16 heavy (non-hydrogen) atoms. The van der Waals surface area contributed by atoms with Crippen LogP contribution in [0.5, 0.6) is 0 Å². The van der Waals surface area contributed by atoms with Gasteiger partial charge >= 0.3 is 0 Å². The second-order valence-corrected chi connectivity index (χ2v) is 4.23. The van der Waals surface area contributed by atoms with E-state index in [4.69, 9.17) is 0 Å². The average Bonchev–Trinajstić information content (AvgIpc) is 2.74. The number of fused-ring (bicyclic) bond motifs is 1. The monoisotopic (exact) mass is 313 g/mol. The number of para-hydroxylation sites is 1. The summed E-state index contributed by atoms with van der Waals surface area (Å²) in [6.07, 6.45) is 4.60. The summed E-state index contributed by atoms with van der Waals surface area (Å²) in [5, 5.41) is 5.80. The molecular formula is C13H15CdN2-. The van der Waals surface area contributed by atoms with Crippen molar-refractivity contribution < 1.29 is 27.3 Å². The van der Waals surface area contributed by atoms with Crippen LogP contribution in [-0.4, -0.2) is 18.1 Å². The molecule has 2 heterocycles. The molecule has 3 heteroatoms. The van der Waals surface area contributed by atoms with Crippen LogP contribution in [0.25, 0.3) is 16.2 Å². The summed E-state index contributed by atoms with van der Waals surface area (Å²) in [5.74, 6) is 0.707. The van der Waals surface area contributed by atoms with E-state index in [1.54, 1.807) is 0 Å². The second-order valence-electron chi connectivity index (χ2n) is 4.23. The minimum absolute atomic E-state index is 0. The Labute approximate surface area is 116 Å². The van der Waals surface area contributed by atoms with Crippen molar-refractivity contribution in [2.75, 3.05) is 13.1 Å². The molecule has 1 aromatic carbocycles. The van der Waals surface area contributed by atoms with Crippen molar-refractivity contribution in [3.63, 3.8) is 0 Å². The maximum Gasteiger partial charge on any atom is 0.0456 e. The van der Waals surface area contributed by atoms with Crippen molar-refractivity contribution in [3.05, 3.63) is 41.3 Å². The van der Waals surface area contributed by atoms with Crippen LogP contribution in [0, 0.1) is 0 Å². The van der Waals surface area contributed by atoms with E-state index >= 15 is 0 Å². The Kier molecular flexibility index (Phi) is 4.02. The number of aromatic nitrogens is 1. The number of rotatable bonds is 1. The fourth-order valence-corrected chi connectivity index (χ4v) is 2.49. The van der Waals surface area contributed by atoms with Crippen molar-refractivity contribution in [1.82, 2.24) is 4.98 Å². The number of piperidine rings is 1. The van der Waals surface area contributed by atoms with E-state index in [0.29, 0.717) is 5.92 Å². The zero-order valence-corrected chi connectivity index (χ0v) is 13.5. The molecule has 2 nitrogen and oxygen atoms in total. The van der Waals surface area contributed by atoms with E-state index in [1.807, 2.05) is 0 Å². The summed E-state index contributed by atoms with van der Waals surface area (Å²) in [5.41, 5.74) is 2.75. The molecule has 0 amide bonds. The fourth-order valence-electron chi connectivity index (χ4n) is 2.49. The van der Waals surface area contributed by atoms with E-state index < -0.39 is 0 Å². The molecule has 0 unspecified atom stereocenters. The molecule has 1 aliphatic rings. The summed E-state index contributed by atoms with van der Waals surface area (Å²) in [7, 11) is 0. The number of aromatic amines is 1. The molecule has 0 spiro atoms. The van der Waals surface area contributed by atoms with Gasteiger partial charge in [-0.05, 0) is 17.5 Å². The molecule has 0 atom stereocenters. The molecule has 1 aromatic heterocycles. The van der Waals surface area contributed by atoms with Gasteiger partial charge < -0.3 is 10.3 Å². The quantitative estimate of drug-likeness (QED) is 0.782. The Morgan fingerprint density at radius 2 is 1.88 bits per heavy atom. The zero-order chi connectivity index (χ0) is 10.1. The van der Waals surface area contributed by atoms with Gasteiger partial charge in [0.05, 0.1) is 0 Å². The van der Waals surface area contributed by atoms with Crippen LogP contribution in [0.1, 0.15) is 24.3 Å². The van der Waals surface area contributed by atoms with E-state index in [2.05, 4.69) is 40.8 Å². The number of benzene rings is 1. The van der Waals surface area contributed by atoms with Gasteiger partial charge in [-0.2, -0.15) is 0 Å². The Morgan fingerprint density at radius 3 is 2.69 bits per heavy atom. The molecule has 0 aliphatic carbocycles. The number of hydrogen-bond donors (Lipinski definition) is 1. The van der Waals surface area contributed by atoms with Crippen molar-refractivity contribution in [3.8, 4) is 0 Å². The van der Waals surface area contributed by atoms with Gasteiger partial charge in [-0.25, -0.2) is 0 Å². The molecule has 2 aromatic rings. The van der Waals surface area contributed by atoms with Gasteiger partial charge in [0, 0.05) is 44.4 Å². The summed E-state index contributed by atoms with van der Waals surface area (Å²) < 4.78 is 0. The first-order valence-corrected chi connectivity index (χ1v) is 5.64. The van der Waals surface area contributed by atoms with Crippen LogP contribution in [-0.2, 0) is 27.3 Å². The van der Waals surface area contributed by atoms with Crippen LogP contribution in [0.15, 0.2) is 30.5 Å². The molecule has 0 saturated carbocycles. The third-order valence-corrected chi connectivity index (χ3v) is 3.33. The Balaban J connectivity index is 0.000000963. The maximum atomic E-state index is 4.41. The van der Waals surface area contributed by atoms with Crippen molar-refractivity contribution in [2.45, 2.75) is 18.8 Å². The summed E-state index contributed by atoms with van der Waals surface area (Å²) in [6.45, 7) is 2.06. The first-order valence-electron chi connectivity index (χ1n) is 5.64. The van der Waals surface area contributed by atoms with E-state index in [9.17, 15) is 0 Å². The van der Waals surface area contributed by atoms with E-state index in [-0.39, 0.29) is 27.3 Å². The first kappa shape index (κ1) is 12.1. The minimum Gasteiger partial charge on any atom is -0.662 e. The zero-order valence-electron chi connectivity index (χ0n) is 9.45. The predicted octanol–water partition coefficient (Wildman–Crippen LogP) is 3.42. The van der Waals surface area contributed by atoms with Gasteiger partial charge in [-0.1, -0.05) is 31.0 Å². The molecule has 1 saturated heterocycles. The van der Waals surface area contributed by atoms with Crippen molar-refractivity contribution in [2.24, 2.45) is 0 Å². The molecule has 0 bridgehead atoms. The minimum atomic E-state index is 0. The van der Waals surface area contributed by atoms with Gasteiger partial charge in [0.2, 0.25) is 0 Å². The van der Waals surface area contributed by atoms with Crippen LogP contribution in [0.2, 0.25) is 0 Å². The molecule has 3 rings (SSSR count). The second kappa shape index (κ2) is 5.32. The van der Waals surface area contributed by atoms with Crippen LogP contribution < -0.4 is 0 Å². The maximum absolute atomic E-state index is 4.41. The fraction of sp³-hybridized carbons (Fsp3) is 0.385. The standard InChI is InChI=1S/C13H15N2.Cd/c1-2-4-13-11(3-1)12(9-15-13)10-5-7-14-8-6-10;/h1-4,9-10,15H,5-8H2;/q-1;. The van der Waals surface area contributed by atoms with Crippen LogP contribution in [0.3, 0.4) is 0 Å². The Hall–Kier alpha value is -0.358. The van der Waals surface area contributed by atoms with Gasteiger partial charge in [0.25, 0.3) is 0 Å². The molecule has 80 valence electrons. The van der Waals surface area contributed by atoms with Crippen LogP contribution >= 0.6 is 0 Å². The van der Waals surface area contributed by atoms with Gasteiger partial charge in [0.1, 0.15) is 0 Å². The average molecular weight is 312 g/mol. The SMILES string of the molecule is [Cd].c1ccc2c(C3CC[N-]CC3)c[nH]c2c1. The number of hydrogen-bond acceptors (Lipinski definition) is 0. The summed E-state index contributed by atoms with van der Waals surface area (Å²) in [4.78, 5) is 3.35. The van der Waals surface area contributed by atoms with Crippen molar-refractivity contribution >= 4 is 10.9 Å². The molecular weight excluding hydrogens is 297 g/mol. The largest absolute Gasteiger partial charge is 0.662 e.